The lowest BCUT2D eigenvalue weighted by Crippen LogP contribution is -2.36. The van der Waals surface area contributed by atoms with Crippen LogP contribution in [0.15, 0.2) is 77.3 Å². The van der Waals surface area contributed by atoms with Crippen LogP contribution in [0.25, 0.3) is 0 Å². The highest BCUT2D eigenvalue weighted by Gasteiger charge is 2.28. The minimum Gasteiger partial charge on any atom is -0.508 e. The topological polar surface area (TPSA) is 23.5 Å². The van der Waals surface area contributed by atoms with E-state index in [4.69, 9.17) is 0 Å². The fraction of sp³-hybridized carbons (Fsp3) is 0.143. The van der Waals surface area contributed by atoms with Gasteiger partial charge in [-0.25, -0.2) is 0 Å². The number of benzene rings is 3. The maximum atomic E-state index is 9.64. The number of anilines is 1. The number of halogens is 1. The predicted molar refractivity (Wildman–Crippen MR) is 102 cm³/mol. The van der Waals surface area contributed by atoms with Crippen molar-refractivity contribution >= 4 is 21.6 Å². The van der Waals surface area contributed by atoms with Gasteiger partial charge >= 0.3 is 0 Å². The van der Waals surface area contributed by atoms with Gasteiger partial charge in [-0.1, -0.05) is 52.3 Å². The highest BCUT2D eigenvalue weighted by molar-refractivity contribution is 9.10. The summed E-state index contributed by atoms with van der Waals surface area (Å²) in [5.74, 6) is 0.304. The summed E-state index contributed by atoms with van der Waals surface area (Å²) in [4.78, 5) is 2.45. The first-order valence-corrected chi connectivity index (χ1v) is 8.90. The van der Waals surface area contributed by atoms with Crippen LogP contribution >= 0.6 is 15.9 Å². The standard InChI is InChI=1S/C21H18BrNO/c22-17-7-9-18(10-8-17)23-14-13-15-3-1-2-4-20(15)21(23)16-5-11-19(24)12-6-16/h1-12,21,24H,13-14H2. The number of nitrogens with zero attached hydrogens (tertiary/aromatic N) is 1. The van der Waals surface area contributed by atoms with E-state index in [9.17, 15) is 5.11 Å². The van der Waals surface area contributed by atoms with Gasteiger partial charge in [-0.15, -0.1) is 0 Å². The number of fused-ring (bicyclic) bond motifs is 1. The van der Waals surface area contributed by atoms with E-state index in [1.807, 2.05) is 12.1 Å². The summed E-state index contributed by atoms with van der Waals surface area (Å²) in [6, 6.07) is 24.9. The summed E-state index contributed by atoms with van der Waals surface area (Å²) in [7, 11) is 0. The van der Waals surface area contributed by atoms with Crippen LogP contribution in [0.5, 0.6) is 5.75 Å². The Morgan fingerprint density at radius 1 is 0.875 bits per heavy atom. The molecule has 1 unspecified atom stereocenters. The Kier molecular flexibility index (Phi) is 4.03. The van der Waals surface area contributed by atoms with Crippen LogP contribution in [-0.4, -0.2) is 11.7 Å². The zero-order chi connectivity index (χ0) is 16.5. The first-order valence-electron chi connectivity index (χ1n) is 8.11. The van der Waals surface area contributed by atoms with E-state index in [0.29, 0.717) is 5.75 Å². The third-order valence-electron chi connectivity index (χ3n) is 4.65. The molecular formula is C21H18BrNO. The second kappa shape index (κ2) is 6.33. The van der Waals surface area contributed by atoms with Gasteiger partial charge in [0.2, 0.25) is 0 Å². The Balaban J connectivity index is 1.83. The van der Waals surface area contributed by atoms with Crippen molar-refractivity contribution in [1.29, 1.82) is 0 Å². The SMILES string of the molecule is Oc1ccc(C2c3ccccc3CCN2c2ccc(Br)cc2)cc1. The van der Waals surface area contributed by atoms with E-state index < -0.39 is 0 Å². The predicted octanol–water partition coefficient (Wildman–Crippen LogP) is 5.31. The first-order chi connectivity index (χ1) is 11.7. The van der Waals surface area contributed by atoms with Crippen molar-refractivity contribution in [1.82, 2.24) is 0 Å². The summed E-state index contributed by atoms with van der Waals surface area (Å²) in [5, 5.41) is 9.64. The van der Waals surface area contributed by atoms with Crippen LogP contribution in [0.2, 0.25) is 0 Å². The molecule has 0 spiro atoms. The Bertz CT molecular complexity index is 842. The monoisotopic (exact) mass is 379 g/mol. The molecule has 3 heteroatoms. The van der Waals surface area contributed by atoms with E-state index in [2.05, 4.69) is 69.4 Å². The van der Waals surface area contributed by atoms with E-state index in [-0.39, 0.29) is 6.04 Å². The first kappa shape index (κ1) is 15.3. The van der Waals surface area contributed by atoms with Crippen LogP contribution in [-0.2, 0) is 6.42 Å². The zero-order valence-corrected chi connectivity index (χ0v) is 14.8. The molecule has 3 aromatic carbocycles. The molecule has 1 aliphatic heterocycles. The summed E-state index contributed by atoms with van der Waals surface area (Å²) < 4.78 is 1.09. The number of hydrogen-bond donors (Lipinski definition) is 1. The molecule has 0 radical (unpaired) electrons. The molecule has 0 saturated heterocycles. The van der Waals surface area contributed by atoms with E-state index >= 15 is 0 Å². The van der Waals surface area contributed by atoms with Crippen molar-refractivity contribution in [3.63, 3.8) is 0 Å². The van der Waals surface area contributed by atoms with Crippen LogP contribution in [0, 0.1) is 0 Å². The lowest BCUT2D eigenvalue weighted by Gasteiger charge is -2.39. The van der Waals surface area contributed by atoms with Crippen LogP contribution < -0.4 is 4.90 Å². The molecule has 0 fully saturated rings. The normalized spacial score (nSPS) is 16.7. The van der Waals surface area contributed by atoms with Gasteiger partial charge in [-0.05, 0) is 59.5 Å². The zero-order valence-electron chi connectivity index (χ0n) is 13.2. The van der Waals surface area contributed by atoms with Crippen molar-refractivity contribution < 1.29 is 5.11 Å². The summed E-state index contributed by atoms with van der Waals surface area (Å²) in [6.07, 6.45) is 1.04. The van der Waals surface area contributed by atoms with Gasteiger partial charge in [-0.3, -0.25) is 0 Å². The molecule has 0 saturated carbocycles. The largest absolute Gasteiger partial charge is 0.508 e. The summed E-state index contributed by atoms with van der Waals surface area (Å²) >= 11 is 3.52. The van der Waals surface area contributed by atoms with Crippen LogP contribution in [0.4, 0.5) is 5.69 Å². The van der Waals surface area contributed by atoms with Gasteiger partial charge in [0, 0.05) is 16.7 Å². The highest BCUT2D eigenvalue weighted by atomic mass is 79.9. The van der Waals surface area contributed by atoms with E-state index in [1.54, 1.807) is 12.1 Å². The molecule has 24 heavy (non-hydrogen) atoms. The molecule has 3 aromatic rings. The molecule has 1 heterocycles. The van der Waals surface area contributed by atoms with Gasteiger partial charge in [0.1, 0.15) is 5.75 Å². The molecule has 4 rings (SSSR count). The molecule has 1 atom stereocenters. The Labute approximate surface area is 150 Å². The van der Waals surface area contributed by atoms with E-state index in [0.717, 1.165) is 17.4 Å². The van der Waals surface area contributed by atoms with Crippen LogP contribution in [0.1, 0.15) is 22.7 Å². The fourth-order valence-corrected chi connectivity index (χ4v) is 3.76. The van der Waals surface area contributed by atoms with Crippen molar-refractivity contribution in [3.8, 4) is 5.75 Å². The molecular weight excluding hydrogens is 362 g/mol. The average molecular weight is 380 g/mol. The highest BCUT2D eigenvalue weighted by Crippen LogP contribution is 2.38. The molecule has 1 N–H and O–H groups in total. The Hall–Kier alpha value is -2.26. The number of rotatable bonds is 2. The molecule has 0 aromatic heterocycles. The number of phenols is 1. The maximum absolute atomic E-state index is 9.64. The second-order valence-corrected chi connectivity index (χ2v) is 7.03. The van der Waals surface area contributed by atoms with Crippen LogP contribution in [0.3, 0.4) is 0 Å². The maximum Gasteiger partial charge on any atom is 0.115 e. The van der Waals surface area contributed by atoms with Crippen molar-refractivity contribution in [2.75, 3.05) is 11.4 Å². The lowest BCUT2D eigenvalue weighted by atomic mass is 9.88. The number of hydrogen-bond acceptors (Lipinski definition) is 2. The van der Waals surface area contributed by atoms with Crippen molar-refractivity contribution in [2.24, 2.45) is 0 Å². The smallest absolute Gasteiger partial charge is 0.115 e. The van der Waals surface area contributed by atoms with Gasteiger partial charge in [0.05, 0.1) is 6.04 Å². The molecule has 0 bridgehead atoms. The second-order valence-electron chi connectivity index (χ2n) is 6.11. The average Bonchev–Trinajstić information content (AvgIpc) is 2.62. The fourth-order valence-electron chi connectivity index (χ4n) is 3.49. The van der Waals surface area contributed by atoms with Gasteiger partial charge < -0.3 is 10.0 Å². The minimum absolute atomic E-state index is 0.164. The quantitative estimate of drug-likeness (QED) is 0.652. The summed E-state index contributed by atoms with van der Waals surface area (Å²) in [6.45, 7) is 0.976. The Morgan fingerprint density at radius 3 is 2.33 bits per heavy atom. The molecule has 1 aliphatic rings. The summed E-state index contributed by atoms with van der Waals surface area (Å²) in [5.41, 5.74) is 5.16. The molecule has 0 amide bonds. The number of phenolic OH excluding ortho intramolecular Hbond substituents is 1. The Morgan fingerprint density at radius 2 is 1.58 bits per heavy atom. The van der Waals surface area contributed by atoms with Crippen molar-refractivity contribution in [2.45, 2.75) is 12.5 Å². The third kappa shape index (κ3) is 2.80. The number of aromatic hydroxyl groups is 1. The van der Waals surface area contributed by atoms with Gasteiger partial charge in [-0.2, -0.15) is 0 Å². The third-order valence-corrected chi connectivity index (χ3v) is 5.18. The van der Waals surface area contributed by atoms with E-state index in [1.165, 1.54) is 22.4 Å². The minimum atomic E-state index is 0.164. The van der Waals surface area contributed by atoms with Crippen molar-refractivity contribution in [3.05, 3.63) is 94.0 Å². The lowest BCUT2D eigenvalue weighted by molar-refractivity contribution is 0.475. The van der Waals surface area contributed by atoms with Gasteiger partial charge in [0.15, 0.2) is 0 Å². The molecule has 120 valence electrons. The van der Waals surface area contributed by atoms with Gasteiger partial charge in [0.25, 0.3) is 0 Å². The molecule has 0 aliphatic carbocycles. The molecule has 2 nitrogen and oxygen atoms in total.